The van der Waals surface area contributed by atoms with Gasteiger partial charge in [-0.1, -0.05) is 24.4 Å². The van der Waals surface area contributed by atoms with E-state index in [1.165, 1.54) is 24.1 Å². The Hall–Kier alpha value is -1.09. The lowest BCUT2D eigenvalue weighted by Gasteiger charge is -2.27. The Morgan fingerprint density at radius 3 is 2.71 bits per heavy atom. The SMILES string of the molecule is CCN(CC1CC1)c1c(C)cccc1C(N)=S. The summed E-state index contributed by atoms with van der Waals surface area (Å²) in [5, 5.41) is 0. The molecule has 0 radical (unpaired) electrons. The van der Waals surface area contributed by atoms with Crippen LogP contribution in [0.5, 0.6) is 0 Å². The Bertz CT molecular complexity index is 424. The second-order valence-electron chi connectivity index (χ2n) is 4.82. The van der Waals surface area contributed by atoms with E-state index in [0.717, 1.165) is 24.6 Å². The molecular formula is C14H20N2S. The third-order valence-corrected chi connectivity index (χ3v) is 3.60. The molecule has 1 aromatic carbocycles. The summed E-state index contributed by atoms with van der Waals surface area (Å²) in [6, 6.07) is 6.19. The van der Waals surface area contributed by atoms with Crippen LogP contribution >= 0.6 is 12.2 Å². The molecule has 0 unspecified atom stereocenters. The largest absolute Gasteiger partial charge is 0.389 e. The summed E-state index contributed by atoms with van der Waals surface area (Å²) in [6.07, 6.45) is 2.73. The average molecular weight is 248 g/mol. The maximum atomic E-state index is 5.83. The van der Waals surface area contributed by atoms with Crippen molar-refractivity contribution in [3.05, 3.63) is 29.3 Å². The van der Waals surface area contributed by atoms with Gasteiger partial charge in [-0.05, 0) is 44.2 Å². The van der Waals surface area contributed by atoms with Crippen molar-refractivity contribution in [2.75, 3.05) is 18.0 Å². The Morgan fingerprint density at radius 1 is 1.47 bits per heavy atom. The lowest BCUT2D eigenvalue weighted by atomic mass is 10.1. The van der Waals surface area contributed by atoms with Gasteiger partial charge >= 0.3 is 0 Å². The average Bonchev–Trinajstić information content (AvgIpc) is 3.10. The normalized spacial score (nSPS) is 14.7. The van der Waals surface area contributed by atoms with E-state index in [1.807, 2.05) is 12.1 Å². The minimum absolute atomic E-state index is 0.498. The second kappa shape index (κ2) is 5.05. The minimum atomic E-state index is 0.498. The lowest BCUT2D eigenvalue weighted by molar-refractivity contribution is 0.739. The van der Waals surface area contributed by atoms with Crippen molar-refractivity contribution in [1.82, 2.24) is 0 Å². The predicted octanol–water partition coefficient (Wildman–Crippen LogP) is 2.87. The molecule has 0 heterocycles. The Balaban J connectivity index is 2.35. The van der Waals surface area contributed by atoms with Gasteiger partial charge in [0.2, 0.25) is 0 Å². The maximum absolute atomic E-state index is 5.83. The summed E-state index contributed by atoms with van der Waals surface area (Å²) in [5.41, 5.74) is 9.34. The Morgan fingerprint density at radius 2 is 2.18 bits per heavy atom. The first-order chi connectivity index (χ1) is 8.13. The van der Waals surface area contributed by atoms with Crippen molar-refractivity contribution in [2.45, 2.75) is 26.7 Å². The third-order valence-electron chi connectivity index (χ3n) is 3.38. The van der Waals surface area contributed by atoms with Gasteiger partial charge in [0.25, 0.3) is 0 Å². The number of hydrogen-bond acceptors (Lipinski definition) is 2. The van der Waals surface area contributed by atoms with Crippen LogP contribution in [-0.4, -0.2) is 18.1 Å². The topological polar surface area (TPSA) is 29.3 Å². The molecule has 0 spiro atoms. The van der Waals surface area contributed by atoms with E-state index in [1.54, 1.807) is 0 Å². The number of aryl methyl sites for hydroxylation is 1. The molecule has 92 valence electrons. The van der Waals surface area contributed by atoms with Gasteiger partial charge in [-0.2, -0.15) is 0 Å². The molecule has 0 aliphatic heterocycles. The number of hydrogen-bond donors (Lipinski definition) is 1. The van der Waals surface area contributed by atoms with E-state index in [0.29, 0.717) is 4.99 Å². The predicted molar refractivity (Wildman–Crippen MR) is 77.7 cm³/mol. The van der Waals surface area contributed by atoms with Gasteiger partial charge in [-0.25, -0.2) is 0 Å². The van der Waals surface area contributed by atoms with Crippen LogP contribution in [0.15, 0.2) is 18.2 Å². The maximum Gasteiger partial charge on any atom is 0.106 e. The second-order valence-corrected chi connectivity index (χ2v) is 5.26. The highest BCUT2D eigenvalue weighted by atomic mass is 32.1. The summed E-state index contributed by atoms with van der Waals surface area (Å²) < 4.78 is 0. The fourth-order valence-electron chi connectivity index (χ4n) is 2.27. The fraction of sp³-hybridized carbons (Fsp3) is 0.500. The summed E-state index contributed by atoms with van der Waals surface area (Å²) in [7, 11) is 0. The van der Waals surface area contributed by atoms with Crippen LogP contribution in [-0.2, 0) is 0 Å². The molecule has 1 aliphatic carbocycles. The van der Waals surface area contributed by atoms with Gasteiger partial charge in [0.05, 0.1) is 0 Å². The van der Waals surface area contributed by atoms with Crippen LogP contribution in [0.1, 0.15) is 30.9 Å². The molecule has 0 atom stereocenters. The summed E-state index contributed by atoms with van der Waals surface area (Å²) >= 11 is 5.16. The van der Waals surface area contributed by atoms with Gasteiger partial charge in [0.15, 0.2) is 0 Å². The van der Waals surface area contributed by atoms with Crippen molar-refractivity contribution >= 4 is 22.9 Å². The smallest absolute Gasteiger partial charge is 0.106 e. The van der Waals surface area contributed by atoms with E-state index < -0.39 is 0 Å². The molecule has 0 bridgehead atoms. The highest BCUT2D eigenvalue weighted by molar-refractivity contribution is 7.80. The highest BCUT2D eigenvalue weighted by Gasteiger charge is 2.25. The van der Waals surface area contributed by atoms with Gasteiger partial charge in [-0.15, -0.1) is 0 Å². The molecule has 1 fully saturated rings. The summed E-state index contributed by atoms with van der Waals surface area (Å²) in [5.74, 6) is 0.869. The van der Waals surface area contributed by atoms with Crippen molar-refractivity contribution in [2.24, 2.45) is 11.7 Å². The van der Waals surface area contributed by atoms with Gasteiger partial charge in [0.1, 0.15) is 4.99 Å². The van der Waals surface area contributed by atoms with E-state index in [-0.39, 0.29) is 0 Å². The molecule has 0 amide bonds. The quantitative estimate of drug-likeness (QED) is 0.812. The zero-order valence-electron chi connectivity index (χ0n) is 10.6. The zero-order valence-corrected chi connectivity index (χ0v) is 11.4. The van der Waals surface area contributed by atoms with Gasteiger partial charge in [-0.3, -0.25) is 0 Å². The number of thiocarbonyl (C=S) groups is 1. The molecular weight excluding hydrogens is 228 g/mol. The fourth-order valence-corrected chi connectivity index (χ4v) is 2.43. The van der Waals surface area contributed by atoms with E-state index in [2.05, 4.69) is 24.8 Å². The van der Waals surface area contributed by atoms with Gasteiger partial charge < -0.3 is 10.6 Å². The lowest BCUT2D eigenvalue weighted by Crippen LogP contribution is -2.28. The molecule has 0 saturated heterocycles. The summed E-state index contributed by atoms with van der Waals surface area (Å²) in [6.45, 7) is 6.47. The molecule has 3 heteroatoms. The van der Waals surface area contributed by atoms with E-state index >= 15 is 0 Å². The molecule has 1 saturated carbocycles. The number of rotatable bonds is 5. The molecule has 1 aromatic rings. The number of anilines is 1. The summed E-state index contributed by atoms with van der Waals surface area (Å²) in [4.78, 5) is 2.92. The van der Waals surface area contributed by atoms with Crippen molar-refractivity contribution in [3.8, 4) is 0 Å². The van der Waals surface area contributed by atoms with Crippen LogP contribution < -0.4 is 10.6 Å². The monoisotopic (exact) mass is 248 g/mol. The molecule has 2 nitrogen and oxygen atoms in total. The standard InChI is InChI=1S/C14H20N2S/c1-3-16(9-11-7-8-11)13-10(2)5-4-6-12(13)14(15)17/h4-6,11H,3,7-9H2,1-2H3,(H2,15,17). The van der Waals surface area contributed by atoms with E-state index in [4.69, 9.17) is 18.0 Å². The van der Waals surface area contributed by atoms with Crippen molar-refractivity contribution in [3.63, 3.8) is 0 Å². The number of benzene rings is 1. The number of nitrogens with two attached hydrogens (primary N) is 1. The number of nitrogens with zero attached hydrogens (tertiary/aromatic N) is 1. The molecule has 1 aliphatic rings. The van der Waals surface area contributed by atoms with E-state index in [9.17, 15) is 0 Å². The molecule has 17 heavy (non-hydrogen) atoms. The van der Waals surface area contributed by atoms with Crippen LogP contribution in [0.2, 0.25) is 0 Å². The first-order valence-electron chi connectivity index (χ1n) is 6.27. The Kier molecular flexibility index (Phi) is 3.67. The van der Waals surface area contributed by atoms with Crippen LogP contribution in [0.4, 0.5) is 5.69 Å². The third kappa shape index (κ3) is 2.78. The molecule has 2 N–H and O–H groups in total. The van der Waals surface area contributed by atoms with Crippen LogP contribution in [0, 0.1) is 12.8 Å². The first kappa shape index (κ1) is 12.4. The molecule has 2 rings (SSSR count). The van der Waals surface area contributed by atoms with Crippen molar-refractivity contribution < 1.29 is 0 Å². The highest BCUT2D eigenvalue weighted by Crippen LogP contribution is 2.33. The zero-order chi connectivity index (χ0) is 12.4. The van der Waals surface area contributed by atoms with Crippen molar-refractivity contribution in [1.29, 1.82) is 0 Å². The minimum Gasteiger partial charge on any atom is -0.389 e. The first-order valence-corrected chi connectivity index (χ1v) is 6.68. The van der Waals surface area contributed by atoms with Crippen LogP contribution in [0.25, 0.3) is 0 Å². The van der Waals surface area contributed by atoms with Crippen LogP contribution in [0.3, 0.4) is 0 Å². The Labute approximate surface area is 109 Å². The molecule has 0 aromatic heterocycles. The van der Waals surface area contributed by atoms with Gasteiger partial charge in [0, 0.05) is 24.3 Å². The number of para-hydroxylation sites is 1.